The van der Waals surface area contributed by atoms with Gasteiger partial charge in [-0.05, 0) is 23.6 Å². The molecule has 0 amide bonds. The summed E-state index contributed by atoms with van der Waals surface area (Å²) < 4.78 is 0.940. The molecular weight excluding hydrogens is 282 g/mol. The predicted octanol–water partition coefficient (Wildman–Crippen LogP) is 3.82. The van der Waals surface area contributed by atoms with E-state index in [2.05, 4.69) is 20.9 Å². The van der Waals surface area contributed by atoms with E-state index in [-0.39, 0.29) is 11.5 Å². The number of hydrogen-bond donors (Lipinski definition) is 1. The Balaban J connectivity index is 2.84. The lowest BCUT2D eigenvalue weighted by Crippen LogP contribution is -2.05. The highest BCUT2D eigenvalue weighted by Crippen LogP contribution is 2.29. The predicted molar refractivity (Wildman–Crippen MR) is 70.5 cm³/mol. The monoisotopic (exact) mass is 293 g/mol. The van der Waals surface area contributed by atoms with E-state index >= 15 is 0 Å². The molecule has 0 unspecified atom stereocenters. The molecule has 0 aliphatic carbocycles. The minimum absolute atomic E-state index is 0.146. The minimum Gasteiger partial charge on any atom is -0.478 e. The van der Waals surface area contributed by atoms with Crippen molar-refractivity contribution in [1.82, 2.24) is 4.98 Å². The first-order valence-electron chi connectivity index (χ1n) is 5.32. The Morgan fingerprint density at radius 2 is 2.12 bits per heavy atom. The molecule has 0 atom stereocenters. The van der Waals surface area contributed by atoms with Crippen LogP contribution in [0.5, 0.6) is 0 Å². The standard InChI is InChI=1S/C13H12BrNO2/c1-7(2)12-9-4-3-8(14)5-11(9)15-6-10(12)13(16)17/h3-7H,1-2H3,(H,16,17). The lowest BCUT2D eigenvalue weighted by molar-refractivity contribution is 0.0695. The van der Waals surface area contributed by atoms with Crippen molar-refractivity contribution in [3.63, 3.8) is 0 Å². The van der Waals surface area contributed by atoms with Crippen LogP contribution < -0.4 is 0 Å². The van der Waals surface area contributed by atoms with E-state index in [9.17, 15) is 9.90 Å². The van der Waals surface area contributed by atoms with Gasteiger partial charge in [0, 0.05) is 16.1 Å². The number of fused-ring (bicyclic) bond motifs is 1. The van der Waals surface area contributed by atoms with Gasteiger partial charge in [0.25, 0.3) is 0 Å². The zero-order chi connectivity index (χ0) is 12.6. The van der Waals surface area contributed by atoms with E-state index in [4.69, 9.17) is 0 Å². The third-order valence-corrected chi connectivity index (χ3v) is 3.17. The molecule has 1 N–H and O–H groups in total. The maximum atomic E-state index is 11.2. The van der Waals surface area contributed by atoms with Gasteiger partial charge in [-0.15, -0.1) is 0 Å². The van der Waals surface area contributed by atoms with E-state index in [1.54, 1.807) is 0 Å². The van der Waals surface area contributed by atoms with Crippen LogP contribution in [-0.2, 0) is 0 Å². The summed E-state index contributed by atoms with van der Waals surface area (Å²) in [5.41, 5.74) is 1.94. The molecule has 0 fully saturated rings. The first-order chi connectivity index (χ1) is 8.00. The number of benzene rings is 1. The molecule has 2 aromatic rings. The first-order valence-corrected chi connectivity index (χ1v) is 6.11. The third kappa shape index (κ3) is 2.17. The van der Waals surface area contributed by atoms with Crippen LogP contribution in [0.3, 0.4) is 0 Å². The second kappa shape index (κ2) is 4.45. The van der Waals surface area contributed by atoms with Crippen molar-refractivity contribution in [2.45, 2.75) is 19.8 Å². The summed E-state index contributed by atoms with van der Waals surface area (Å²) in [6, 6.07) is 5.71. The first kappa shape index (κ1) is 12.0. The van der Waals surface area contributed by atoms with Gasteiger partial charge in [-0.3, -0.25) is 4.98 Å². The summed E-state index contributed by atoms with van der Waals surface area (Å²) in [5, 5.41) is 10.1. The van der Waals surface area contributed by atoms with Gasteiger partial charge in [-0.2, -0.15) is 0 Å². The maximum Gasteiger partial charge on any atom is 0.337 e. The number of aromatic carboxylic acids is 1. The number of carboxylic acids is 1. The van der Waals surface area contributed by atoms with Gasteiger partial charge in [-0.1, -0.05) is 35.8 Å². The molecule has 88 valence electrons. The fourth-order valence-corrected chi connectivity index (χ4v) is 2.33. The van der Waals surface area contributed by atoms with E-state index < -0.39 is 5.97 Å². The summed E-state index contributed by atoms with van der Waals surface area (Å²) >= 11 is 3.39. The Morgan fingerprint density at radius 1 is 1.41 bits per heavy atom. The fraction of sp³-hybridized carbons (Fsp3) is 0.231. The van der Waals surface area contributed by atoms with E-state index in [1.165, 1.54) is 6.20 Å². The number of rotatable bonds is 2. The van der Waals surface area contributed by atoms with Crippen molar-refractivity contribution in [2.75, 3.05) is 0 Å². The lowest BCUT2D eigenvalue weighted by atomic mass is 9.94. The van der Waals surface area contributed by atoms with Crippen molar-refractivity contribution in [2.24, 2.45) is 0 Å². The van der Waals surface area contributed by atoms with Crippen LogP contribution in [0.25, 0.3) is 10.9 Å². The summed E-state index contributed by atoms with van der Waals surface area (Å²) in [4.78, 5) is 15.4. The molecule has 2 rings (SSSR count). The molecule has 0 saturated heterocycles. The Morgan fingerprint density at radius 3 is 2.71 bits per heavy atom. The molecule has 0 aliphatic heterocycles. The number of aromatic nitrogens is 1. The van der Waals surface area contributed by atoms with Crippen molar-refractivity contribution in [1.29, 1.82) is 0 Å². The molecule has 0 spiro atoms. The van der Waals surface area contributed by atoms with Crippen LogP contribution in [-0.4, -0.2) is 16.1 Å². The number of nitrogens with zero attached hydrogens (tertiary/aromatic N) is 1. The Hall–Kier alpha value is -1.42. The van der Waals surface area contributed by atoms with Crippen LogP contribution in [0.2, 0.25) is 0 Å². The van der Waals surface area contributed by atoms with Gasteiger partial charge in [0.05, 0.1) is 11.1 Å². The summed E-state index contributed by atoms with van der Waals surface area (Å²) in [7, 11) is 0. The molecule has 0 aliphatic rings. The maximum absolute atomic E-state index is 11.2. The number of carbonyl (C=O) groups is 1. The second-order valence-electron chi connectivity index (χ2n) is 4.21. The average molecular weight is 294 g/mol. The van der Waals surface area contributed by atoms with E-state index in [0.29, 0.717) is 0 Å². The van der Waals surface area contributed by atoms with Crippen LogP contribution in [0.4, 0.5) is 0 Å². The number of halogens is 1. The molecule has 0 bridgehead atoms. The van der Waals surface area contributed by atoms with E-state index in [1.807, 2.05) is 32.0 Å². The third-order valence-electron chi connectivity index (χ3n) is 2.68. The molecule has 0 radical (unpaired) electrons. The Bertz CT molecular complexity index is 593. The zero-order valence-corrected chi connectivity index (χ0v) is 11.2. The highest BCUT2D eigenvalue weighted by atomic mass is 79.9. The summed E-state index contributed by atoms with van der Waals surface area (Å²) in [6.45, 7) is 3.98. The molecule has 3 nitrogen and oxygen atoms in total. The molecule has 1 heterocycles. The topological polar surface area (TPSA) is 50.2 Å². The van der Waals surface area contributed by atoms with Crippen LogP contribution >= 0.6 is 15.9 Å². The number of carboxylic acid groups (broad SMARTS) is 1. The number of pyridine rings is 1. The van der Waals surface area contributed by atoms with Gasteiger partial charge in [0.15, 0.2) is 0 Å². The largest absolute Gasteiger partial charge is 0.478 e. The van der Waals surface area contributed by atoms with E-state index in [0.717, 1.165) is 20.9 Å². The average Bonchev–Trinajstić information content (AvgIpc) is 2.26. The zero-order valence-electron chi connectivity index (χ0n) is 9.57. The van der Waals surface area contributed by atoms with Gasteiger partial charge < -0.3 is 5.11 Å². The van der Waals surface area contributed by atoms with Crippen LogP contribution in [0, 0.1) is 0 Å². The molecular formula is C13H12BrNO2. The summed E-state index contributed by atoms with van der Waals surface area (Å²) in [6.07, 6.45) is 1.44. The SMILES string of the molecule is CC(C)c1c(C(=O)O)cnc2cc(Br)ccc12. The highest BCUT2D eigenvalue weighted by molar-refractivity contribution is 9.10. The van der Waals surface area contributed by atoms with Gasteiger partial charge in [0.1, 0.15) is 0 Å². The van der Waals surface area contributed by atoms with Crippen LogP contribution in [0.1, 0.15) is 35.7 Å². The van der Waals surface area contributed by atoms with Crippen molar-refractivity contribution < 1.29 is 9.90 Å². The highest BCUT2D eigenvalue weighted by Gasteiger charge is 2.16. The molecule has 0 saturated carbocycles. The lowest BCUT2D eigenvalue weighted by Gasteiger charge is -2.13. The molecule has 4 heteroatoms. The van der Waals surface area contributed by atoms with Gasteiger partial charge >= 0.3 is 5.97 Å². The van der Waals surface area contributed by atoms with Crippen LogP contribution in [0.15, 0.2) is 28.9 Å². The molecule has 17 heavy (non-hydrogen) atoms. The molecule has 1 aromatic heterocycles. The minimum atomic E-state index is -0.925. The Labute approximate surface area is 108 Å². The van der Waals surface area contributed by atoms with Crippen molar-refractivity contribution in [3.8, 4) is 0 Å². The second-order valence-corrected chi connectivity index (χ2v) is 5.12. The Kier molecular flexibility index (Phi) is 3.15. The fourth-order valence-electron chi connectivity index (χ4n) is 1.98. The van der Waals surface area contributed by atoms with Gasteiger partial charge in [0.2, 0.25) is 0 Å². The number of hydrogen-bond acceptors (Lipinski definition) is 2. The smallest absolute Gasteiger partial charge is 0.337 e. The van der Waals surface area contributed by atoms with Gasteiger partial charge in [-0.25, -0.2) is 4.79 Å². The van der Waals surface area contributed by atoms with Crippen molar-refractivity contribution >= 4 is 32.8 Å². The quantitative estimate of drug-likeness (QED) is 0.916. The molecule has 1 aromatic carbocycles. The summed E-state index contributed by atoms with van der Waals surface area (Å²) in [5.74, 6) is -0.779. The normalized spacial score (nSPS) is 11.1. The van der Waals surface area contributed by atoms with Crippen molar-refractivity contribution in [3.05, 3.63) is 40.0 Å².